The second kappa shape index (κ2) is 16.3. The standard InChI is InChI=1S/C37H48O5/c1-6-8-9-10-28-11-13-30(14-12-28)31-15-17-34(29(7-2)23-31)32-16-18-35(41-22-20-37(5,25-38)26-39)33(24-32)19-21-42-36(40)27(3)4/h11-18,23-24,38-39H,3,6-10,19-22,25-26H2,1-2,4-5H3. The highest BCUT2D eigenvalue weighted by atomic mass is 16.5. The van der Waals surface area contributed by atoms with Crippen LogP contribution in [0.15, 0.2) is 72.8 Å². The maximum Gasteiger partial charge on any atom is 0.333 e. The van der Waals surface area contributed by atoms with E-state index in [1.807, 2.05) is 13.0 Å². The van der Waals surface area contributed by atoms with Crippen molar-refractivity contribution in [3.8, 4) is 28.0 Å². The quantitative estimate of drug-likeness (QED) is 0.0983. The Hall–Kier alpha value is -3.41. The zero-order chi connectivity index (χ0) is 30.5. The molecule has 0 saturated carbocycles. The van der Waals surface area contributed by atoms with Crippen molar-refractivity contribution in [2.75, 3.05) is 26.4 Å². The summed E-state index contributed by atoms with van der Waals surface area (Å²) in [7, 11) is 0. The van der Waals surface area contributed by atoms with Crippen LogP contribution in [0.25, 0.3) is 22.3 Å². The number of aliphatic hydroxyl groups excluding tert-OH is 2. The summed E-state index contributed by atoms with van der Waals surface area (Å²) in [6.07, 6.45) is 6.75. The minimum absolute atomic E-state index is 0.117. The Labute approximate surface area is 252 Å². The van der Waals surface area contributed by atoms with Crippen LogP contribution in [0.4, 0.5) is 0 Å². The van der Waals surface area contributed by atoms with Gasteiger partial charge in [-0.1, -0.05) is 88.7 Å². The second-order valence-electron chi connectivity index (χ2n) is 11.6. The number of unbranched alkanes of at least 4 members (excludes halogenated alkanes) is 2. The number of hydrogen-bond acceptors (Lipinski definition) is 5. The van der Waals surface area contributed by atoms with E-state index in [-0.39, 0.29) is 19.8 Å². The number of carbonyl (C=O) groups is 1. The molecule has 0 saturated heterocycles. The van der Waals surface area contributed by atoms with Gasteiger partial charge in [-0.15, -0.1) is 0 Å². The van der Waals surface area contributed by atoms with Crippen LogP contribution < -0.4 is 4.74 Å². The molecule has 5 nitrogen and oxygen atoms in total. The summed E-state index contributed by atoms with van der Waals surface area (Å²) >= 11 is 0. The molecule has 0 fully saturated rings. The Morgan fingerprint density at radius 2 is 1.50 bits per heavy atom. The summed E-state index contributed by atoms with van der Waals surface area (Å²) in [4.78, 5) is 12.0. The average molecular weight is 573 g/mol. The molecule has 3 aromatic carbocycles. The van der Waals surface area contributed by atoms with E-state index in [1.54, 1.807) is 6.92 Å². The predicted octanol–water partition coefficient (Wildman–Crippen LogP) is 7.74. The van der Waals surface area contributed by atoms with Gasteiger partial charge in [0, 0.05) is 17.4 Å². The lowest BCUT2D eigenvalue weighted by molar-refractivity contribution is -0.138. The summed E-state index contributed by atoms with van der Waals surface area (Å²) in [5.41, 5.74) is 8.01. The van der Waals surface area contributed by atoms with Crippen LogP contribution in [-0.4, -0.2) is 42.6 Å². The number of aryl methyl sites for hydroxylation is 2. The van der Waals surface area contributed by atoms with Gasteiger partial charge in [-0.3, -0.25) is 0 Å². The van der Waals surface area contributed by atoms with Gasteiger partial charge in [0.15, 0.2) is 0 Å². The highest BCUT2D eigenvalue weighted by Crippen LogP contribution is 2.33. The molecule has 0 bridgehead atoms. The third kappa shape index (κ3) is 9.30. The SMILES string of the molecule is C=C(C)C(=O)OCCc1cc(-c2ccc(-c3ccc(CCCCC)cc3)cc2CC)ccc1OCCC(C)(CO)CO. The first-order valence-corrected chi connectivity index (χ1v) is 15.3. The Kier molecular flexibility index (Phi) is 12.8. The van der Waals surface area contributed by atoms with Crippen LogP contribution in [0.2, 0.25) is 0 Å². The molecule has 0 heterocycles. The average Bonchev–Trinajstić information content (AvgIpc) is 3.01. The normalized spacial score (nSPS) is 11.4. The molecule has 0 spiro atoms. The molecule has 0 aromatic heterocycles. The molecular formula is C37H48O5. The van der Waals surface area contributed by atoms with E-state index in [2.05, 4.69) is 75.0 Å². The van der Waals surface area contributed by atoms with Gasteiger partial charge in [-0.05, 0) is 83.7 Å². The summed E-state index contributed by atoms with van der Waals surface area (Å²) in [6.45, 7) is 11.9. The van der Waals surface area contributed by atoms with Crippen molar-refractivity contribution in [3.63, 3.8) is 0 Å². The lowest BCUT2D eigenvalue weighted by Gasteiger charge is -2.24. The van der Waals surface area contributed by atoms with Crippen molar-refractivity contribution in [1.29, 1.82) is 0 Å². The molecule has 3 aromatic rings. The number of ether oxygens (including phenoxy) is 2. The minimum Gasteiger partial charge on any atom is -0.493 e. The highest BCUT2D eigenvalue weighted by molar-refractivity contribution is 5.86. The molecule has 0 aliphatic rings. The van der Waals surface area contributed by atoms with E-state index in [0.29, 0.717) is 30.8 Å². The minimum atomic E-state index is -0.607. The number of esters is 1. The molecule has 0 atom stereocenters. The fourth-order valence-corrected chi connectivity index (χ4v) is 4.87. The van der Waals surface area contributed by atoms with Crippen LogP contribution in [0.5, 0.6) is 5.75 Å². The Bertz CT molecular complexity index is 1300. The Morgan fingerprint density at radius 1 is 0.833 bits per heavy atom. The largest absolute Gasteiger partial charge is 0.493 e. The van der Waals surface area contributed by atoms with Crippen molar-refractivity contribution >= 4 is 5.97 Å². The number of rotatable bonds is 17. The highest BCUT2D eigenvalue weighted by Gasteiger charge is 2.22. The summed E-state index contributed by atoms with van der Waals surface area (Å²) in [6, 6.07) is 21.8. The number of aliphatic hydroxyl groups is 2. The molecule has 5 heteroatoms. The summed E-state index contributed by atoms with van der Waals surface area (Å²) in [5, 5.41) is 19.3. The third-order valence-corrected chi connectivity index (χ3v) is 7.89. The second-order valence-corrected chi connectivity index (χ2v) is 11.6. The topological polar surface area (TPSA) is 76.0 Å². The first-order valence-electron chi connectivity index (χ1n) is 15.3. The summed E-state index contributed by atoms with van der Waals surface area (Å²) in [5.74, 6) is 0.296. The van der Waals surface area contributed by atoms with Gasteiger partial charge in [0.05, 0.1) is 26.4 Å². The molecule has 0 aliphatic heterocycles. The zero-order valence-corrected chi connectivity index (χ0v) is 25.9. The number of benzene rings is 3. The van der Waals surface area contributed by atoms with E-state index in [0.717, 1.165) is 29.5 Å². The van der Waals surface area contributed by atoms with Crippen molar-refractivity contribution in [3.05, 3.63) is 89.5 Å². The van der Waals surface area contributed by atoms with E-state index in [9.17, 15) is 15.0 Å². The zero-order valence-electron chi connectivity index (χ0n) is 25.9. The van der Waals surface area contributed by atoms with Gasteiger partial charge in [-0.2, -0.15) is 0 Å². The van der Waals surface area contributed by atoms with Crippen molar-refractivity contribution in [2.24, 2.45) is 5.41 Å². The van der Waals surface area contributed by atoms with Gasteiger partial charge in [0.25, 0.3) is 0 Å². The van der Waals surface area contributed by atoms with E-state index < -0.39 is 11.4 Å². The Morgan fingerprint density at radius 3 is 2.14 bits per heavy atom. The molecular weight excluding hydrogens is 524 g/mol. The predicted molar refractivity (Wildman–Crippen MR) is 172 cm³/mol. The van der Waals surface area contributed by atoms with Crippen LogP contribution in [-0.2, 0) is 28.8 Å². The summed E-state index contributed by atoms with van der Waals surface area (Å²) < 4.78 is 11.5. The number of carbonyl (C=O) groups excluding carboxylic acids is 1. The van der Waals surface area contributed by atoms with Crippen LogP contribution >= 0.6 is 0 Å². The third-order valence-electron chi connectivity index (χ3n) is 7.89. The maximum absolute atomic E-state index is 12.0. The Balaban J connectivity index is 1.85. The van der Waals surface area contributed by atoms with Gasteiger partial charge in [-0.25, -0.2) is 4.79 Å². The van der Waals surface area contributed by atoms with Crippen molar-refractivity contribution in [2.45, 2.75) is 72.6 Å². The van der Waals surface area contributed by atoms with E-state index >= 15 is 0 Å². The number of hydrogen-bond donors (Lipinski definition) is 2. The molecule has 0 radical (unpaired) electrons. The van der Waals surface area contributed by atoms with E-state index in [1.165, 1.54) is 41.5 Å². The van der Waals surface area contributed by atoms with Gasteiger partial charge in [0.2, 0.25) is 0 Å². The molecule has 0 aliphatic carbocycles. The van der Waals surface area contributed by atoms with Gasteiger partial charge in [0.1, 0.15) is 5.75 Å². The monoisotopic (exact) mass is 572 g/mol. The van der Waals surface area contributed by atoms with Gasteiger partial charge >= 0.3 is 5.97 Å². The lowest BCUT2D eigenvalue weighted by Crippen LogP contribution is -2.28. The molecule has 3 rings (SSSR count). The first-order chi connectivity index (χ1) is 20.2. The molecule has 0 unspecified atom stereocenters. The smallest absolute Gasteiger partial charge is 0.333 e. The fraction of sp³-hybridized carbons (Fsp3) is 0.432. The van der Waals surface area contributed by atoms with Crippen molar-refractivity contribution < 1.29 is 24.5 Å². The molecule has 226 valence electrons. The van der Waals surface area contributed by atoms with Crippen LogP contribution in [0, 0.1) is 5.41 Å². The first kappa shape index (κ1) is 33.1. The van der Waals surface area contributed by atoms with Crippen LogP contribution in [0.1, 0.15) is 70.1 Å². The maximum atomic E-state index is 12.0. The lowest BCUT2D eigenvalue weighted by atomic mass is 9.89. The molecule has 42 heavy (non-hydrogen) atoms. The van der Waals surface area contributed by atoms with E-state index in [4.69, 9.17) is 9.47 Å². The fourth-order valence-electron chi connectivity index (χ4n) is 4.87. The van der Waals surface area contributed by atoms with Gasteiger partial charge < -0.3 is 19.7 Å². The van der Waals surface area contributed by atoms with Crippen LogP contribution in [0.3, 0.4) is 0 Å². The molecule has 2 N–H and O–H groups in total. The van der Waals surface area contributed by atoms with Crippen molar-refractivity contribution in [1.82, 2.24) is 0 Å². The molecule has 0 amide bonds.